The number of carbonyl (C=O) groups excluding carboxylic acids is 1. The van der Waals surface area contributed by atoms with E-state index in [0.717, 1.165) is 41.0 Å². The largest absolute Gasteiger partial charge is 0.493 e. The monoisotopic (exact) mass is 455 g/mol. The van der Waals surface area contributed by atoms with Crippen molar-refractivity contribution in [2.24, 2.45) is 5.92 Å². The van der Waals surface area contributed by atoms with Crippen molar-refractivity contribution in [2.45, 2.75) is 33.2 Å². The minimum atomic E-state index is -0.213. The van der Waals surface area contributed by atoms with Gasteiger partial charge in [-0.15, -0.1) is 0 Å². The maximum atomic E-state index is 13.2. The number of aromatic nitrogens is 1. The van der Waals surface area contributed by atoms with Crippen LogP contribution in [0.25, 0.3) is 11.1 Å². The Labute approximate surface area is 200 Å². The standard InChI is InChI=1S/C28H29N3O3/c1-18-4-7-27(25(10-18)14-29)23-11-24(13-26(12-23)34-17-21-8-9-33-16-21)28(32)31-20(3)22-6-5-19(2)30-15-22/h4-7,10-13,15,20-21H,8-9,16-17H2,1-3H3,(H,31,32)/t20-,21?/m1/s1. The number of carbonyl (C=O) groups is 1. The molecule has 6 nitrogen and oxygen atoms in total. The zero-order chi connectivity index (χ0) is 24.1. The van der Waals surface area contributed by atoms with Gasteiger partial charge >= 0.3 is 0 Å². The summed E-state index contributed by atoms with van der Waals surface area (Å²) in [7, 11) is 0. The third-order valence-electron chi connectivity index (χ3n) is 6.07. The summed E-state index contributed by atoms with van der Waals surface area (Å²) in [6, 6.07) is 17.2. The summed E-state index contributed by atoms with van der Waals surface area (Å²) in [5.41, 5.74) is 5.44. The molecule has 0 aliphatic carbocycles. The average Bonchev–Trinajstić information content (AvgIpc) is 3.36. The topological polar surface area (TPSA) is 84.2 Å². The summed E-state index contributed by atoms with van der Waals surface area (Å²) < 4.78 is 11.5. The number of aryl methyl sites for hydroxylation is 2. The lowest BCUT2D eigenvalue weighted by atomic mass is 9.96. The van der Waals surface area contributed by atoms with E-state index in [-0.39, 0.29) is 11.9 Å². The first-order chi connectivity index (χ1) is 16.4. The molecule has 34 heavy (non-hydrogen) atoms. The molecule has 2 atom stereocenters. The molecular formula is C28H29N3O3. The molecule has 1 saturated heterocycles. The van der Waals surface area contributed by atoms with Crippen molar-refractivity contribution in [1.29, 1.82) is 5.26 Å². The van der Waals surface area contributed by atoms with E-state index in [1.807, 2.05) is 63.2 Å². The van der Waals surface area contributed by atoms with Crippen LogP contribution in [-0.4, -0.2) is 30.7 Å². The highest BCUT2D eigenvalue weighted by molar-refractivity contribution is 5.96. The zero-order valence-electron chi connectivity index (χ0n) is 19.8. The first-order valence-corrected chi connectivity index (χ1v) is 11.5. The fourth-order valence-corrected chi connectivity index (χ4v) is 4.00. The van der Waals surface area contributed by atoms with Crippen LogP contribution in [0.5, 0.6) is 5.75 Å². The Balaban J connectivity index is 1.64. The number of amides is 1. The summed E-state index contributed by atoms with van der Waals surface area (Å²) in [5.74, 6) is 0.724. The van der Waals surface area contributed by atoms with Crippen LogP contribution in [0, 0.1) is 31.1 Å². The van der Waals surface area contributed by atoms with E-state index in [1.165, 1.54) is 0 Å². The number of nitrogens with one attached hydrogen (secondary N) is 1. The second-order valence-electron chi connectivity index (χ2n) is 8.88. The predicted octanol–water partition coefficient (Wildman–Crippen LogP) is 5.14. The SMILES string of the molecule is Cc1ccc(-c2cc(OCC3CCOC3)cc(C(=O)N[C@H](C)c3ccc(C)nc3)c2)c(C#N)c1. The van der Waals surface area contributed by atoms with Crippen molar-refractivity contribution in [1.82, 2.24) is 10.3 Å². The zero-order valence-corrected chi connectivity index (χ0v) is 19.8. The molecule has 1 amide bonds. The van der Waals surface area contributed by atoms with Gasteiger partial charge in [-0.1, -0.05) is 18.2 Å². The van der Waals surface area contributed by atoms with Crippen molar-refractivity contribution >= 4 is 5.91 Å². The average molecular weight is 456 g/mol. The normalized spacial score (nSPS) is 16.0. The fourth-order valence-electron chi connectivity index (χ4n) is 4.00. The lowest BCUT2D eigenvalue weighted by Gasteiger charge is -2.17. The number of nitrogens with zero attached hydrogens (tertiary/aromatic N) is 2. The van der Waals surface area contributed by atoms with Crippen LogP contribution in [0.4, 0.5) is 0 Å². The fraction of sp³-hybridized carbons (Fsp3) is 0.321. The van der Waals surface area contributed by atoms with E-state index in [0.29, 0.717) is 36.0 Å². The Morgan fingerprint density at radius 1 is 1.24 bits per heavy atom. The molecule has 2 heterocycles. The van der Waals surface area contributed by atoms with Gasteiger partial charge < -0.3 is 14.8 Å². The first kappa shape index (κ1) is 23.5. The quantitative estimate of drug-likeness (QED) is 0.533. The smallest absolute Gasteiger partial charge is 0.251 e. The first-order valence-electron chi connectivity index (χ1n) is 11.5. The van der Waals surface area contributed by atoms with Crippen LogP contribution in [0.3, 0.4) is 0 Å². The molecule has 1 aliphatic heterocycles. The molecule has 3 aromatic rings. The Morgan fingerprint density at radius 3 is 2.79 bits per heavy atom. The molecule has 1 aromatic heterocycles. The number of hydrogen-bond donors (Lipinski definition) is 1. The van der Waals surface area contributed by atoms with Crippen molar-refractivity contribution in [3.63, 3.8) is 0 Å². The number of benzene rings is 2. The van der Waals surface area contributed by atoms with E-state index in [9.17, 15) is 10.1 Å². The van der Waals surface area contributed by atoms with Gasteiger partial charge in [-0.25, -0.2) is 0 Å². The van der Waals surface area contributed by atoms with E-state index >= 15 is 0 Å². The Bertz CT molecular complexity index is 1210. The Morgan fingerprint density at radius 2 is 2.09 bits per heavy atom. The van der Waals surface area contributed by atoms with Crippen molar-refractivity contribution in [3.8, 4) is 22.9 Å². The molecule has 1 fully saturated rings. The molecule has 1 aliphatic rings. The molecular weight excluding hydrogens is 426 g/mol. The van der Waals surface area contributed by atoms with E-state index < -0.39 is 0 Å². The molecule has 0 bridgehead atoms. The van der Waals surface area contributed by atoms with Gasteiger partial charge in [0.05, 0.1) is 30.9 Å². The van der Waals surface area contributed by atoms with Gasteiger partial charge in [0.15, 0.2) is 0 Å². The highest BCUT2D eigenvalue weighted by atomic mass is 16.5. The Hall–Kier alpha value is -3.69. The number of rotatable bonds is 7. The third-order valence-corrected chi connectivity index (χ3v) is 6.07. The maximum absolute atomic E-state index is 13.2. The summed E-state index contributed by atoms with van der Waals surface area (Å²) in [5, 5.41) is 12.7. The van der Waals surface area contributed by atoms with E-state index in [1.54, 1.807) is 12.3 Å². The van der Waals surface area contributed by atoms with Gasteiger partial charge in [0.1, 0.15) is 5.75 Å². The highest BCUT2D eigenvalue weighted by Gasteiger charge is 2.19. The molecule has 1 unspecified atom stereocenters. The van der Waals surface area contributed by atoms with Crippen LogP contribution >= 0.6 is 0 Å². The van der Waals surface area contributed by atoms with Gasteiger partial charge in [0.25, 0.3) is 5.91 Å². The third kappa shape index (κ3) is 5.62. The molecule has 6 heteroatoms. The molecule has 0 radical (unpaired) electrons. The van der Waals surface area contributed by atoms with Crippen LogP contribution in [0.2, 0.25) is 0 Å². The summed E-state index contributed by atoms with van der Waals surface area (Å²) in [6.45, 7) is 7.77. The number of hydrogen-bond acceptors (Lipinski definition) is 5. The minimum Gasteiger partial charge on any atom is -0.493 e. The van der Waals surface area contributed by atoms with Crippen molar-refractivity contribution in [2.75, 3.05) is 19.8 Å². The lowest BCUT2D eigenvalue weighted by molar-refractivity contribution is 0.0939. The lowest BCUT2D eigenvalue weighted by Crippen LogP contribution is -2.26. The van der Waals surface area contributed by atoms with Gasteiger partial charge in [-0.2, -0.15) is 5.26 Å². The highest BCUT2D eigenvalue weighted by Crippen LogP contribution is 2.30. The van der Waals surface area contributed by atoms with E-state index in [4.69, 9.17) is 9.47 Å². The second-order valence-corrected chi connectivity index (χ2v) is 8.88. The Kier molecular flexibility index (Phi) is 7.24. The van der Waals surface area contributed by atoms with Gasteiger partial charge in [-0.3, -0.25) is 9.78 Å². The molecule has 2 aromatic carbocycles. The van der Waals surface area contributed by atoms with Gasteiger partial charge in [-0.05, 0) is 79.8 Å². The molecule has 4 rings (SSSR count). The number of nitriles is 1. The van der Waals surface area contributed by atoms with Crippen LogP contribution in [-0.2, 0) is 4.74 Å². The number of pyridine rings is 1. The van der Waals surface area contributed by atoms with Crippen molar-refractivity contribution in [3.05, 3.63) is 82.7 Å². The van der Waals surface area contributed by atoms with Crippen LogP contribution in [0.1, 0.15) is 52.1 Å². The summed E-state index contributed by atoms with van der Waals surface area (Å²) >= 11 is 0. The van der Waals surface area contributed by atoms with Crippen molar-refractivity contribution < 1.29 is 14.3 Å². The van der Waals surface area contributed by atoms with E-state index in [2.05, 4.69) is 16.4 Å². The van der Waals surface area contributed by atoms with Gasteiger partial charge in [0, 0.05) is 30.0 Å². The summed E-state index contributed by atoms with van der Waals surface area (Å²) in [6.07, 6.45) is 2.74. The molecule has 0 spiro atoms. The second kappa shape index (κ2) is 10.5. The molecule has 1 N–H and O–H groups in total. The summed E-state index contributed by atoms with van der Waals surface area (Å²) in [4.78, 5) is 17.6. The number of ether oxygens (including phenoxy) is 2. The van der Waals surface area contributed by atoms with Crippen LogP contribution in [0.15, 0.2) is 54.7 Å². The predicted molar refractivity (Wildman–Crippen MR) is 131 cm³/mol. The molecule has 0 saturated carbocycles. The minimum absolute atomic E-state index is 0.210. The molecule has 174 valence electrons. The maximum Gasteiger partial charge on any atom is 0.251 e. The van der Waals surface area contributed by atoms with Crippen LogP contribution < -0.4 is 10.1 Å². The van der Waals surface area contributed by atoms with Gasteiger partial charge in [0.2, 0.25) is 0 Å².